The highest BCUT2D eigenvalue weighted by atomic mass is 35.5. The third kappa shape index (κ3) is 7.51. The lowest BCUT2D eigenvalue weighted by atomic mass is 10.1. The molecule has 4 aromatic rings. The number of carbonyl (C=O) groups excluding carboxylic acids is 1. The summed E-state index contributed by atoms with van der Waals surface area (Å²) in [7, 11) is -4.01. The van der Waals surface area contributed by atoms with E-state index in [1.165, 1.54) is 34.6 Å². The van der Waals surface area contributed by atoms with Gasteiger partial charge in [0.05, 0.1) is 34.1 Å². The number of para-hydroxylation sites is 1. The lowest BCUT2D eigenvalue weighted by molar-refractivity contribution is -0.137. The highest BCUT2D eigenvalue weighted by Gasteiger charge is 2.39. The maximum atomic E-state index is 14.4. The fourth-order valence-electron chi connectivity index (χ4n) is 6.00. The molecule has 0 spiro atoms. The number of amides is 1. The molecule has 0 bridgehead atoms. The maximum Gasteiger partial charge on any atom is 0.416 e. The van der Waals surface area contributed by atoms with Crippen LogP contribution in [-0.2, 0) is 27.5 Å². The van der Waals surface area contributed by atoms with E-state index < -0.39 is 33.7 Å². The molecule has 2 fully saturated rings. The molecule has 0 radical (unpaired) electrons. The van der Waals surface area contributed by atoms with Gasteiger partial charge >= 0.3 is 6.18 Å². The van der Waals surface area contributed by atoms with Crippen molar-refractivity contribution in [3.8, 4) is 11.3 Å². The maximum absolute atomic E-state index is 14.4. The van der Waals surface area contributed by atoms with Gasteiger partial charge in [0.2, 0.25) is 21.9 Å². The second kappa shape index (κ2) is 13.9. The van der Waals surface area contributed by atoms with Crippen LogP contribution in [0.4, 0.5) is 29.2 Å². The number of alkyl halides is 3. The third-order valence-corrected chi connectivity index (χ3v) is 11.0. The number of nitrogens with one attached hydrogen (secondary N) is 1. The molecule has 3 aromatic carbocycles. The average molecular weight is 717 g/mol. The van der Waals surface area contributed by atoms with Crippen LogP contribution < -0.4 is 15.1 Å². The fraction of sp³-hybridized carbons (Fsp3) is 0.324. The monoisotopic (exact) mass is 716 g/mol. The first-order chi connectivity index (χ1) is 23.3. The van der Waals surface area contributed by atoms with Gasteiger partial charge in [-0.2, -0.15) is 17.5 Å². The van der Waals surface area contributed by atoms with Crippen LogP contribution in [-0.4, -0.2) is 67.4 Å². The first kappa shape index (κ1) is 34.6. The highest BCUT2D eigenvalue weighted by molar-refractivity contribution is 7.89. The average Bonchev–Trinajstić information content (AvgIpc) is 3.60. The number of hydrogen-bond donors (Lipinski definition) is 1. The van der Waals surface area contributed by atoms with E-state index in [1.54, 1.807) is 37.3 Å². The van der Waals surface area contributed by atoms with Gasteiger partial charge in [-0.3, -0.25) is 4.79 Å². The van der Waals surface area contributed by atoms with Crippen molar-refractivity contribution in [3.63, 3.8) is 0 Å². The quantitative estimate of drug-likeness (QED) is 0.222. The fourth-order valence-corrected chi connectivity index (χ4v) is 7.93. The zero-order valence-electron chi connectivity index (χ0n) is 26.4. The number of hydrogen-bond acceptors (Lipinski definition) is 7. The lowest BCUT2D eigenvalue weighted by Crippen LogP contribution is -2.47. The van der Waals surface area contributed by atoms with Crippen LogP contribution in [0.3, 0.4) is 0 Å². The van der Waals surface area contributed by atoms with Crippen molar-refractivity contribution in [3.05, 3.63) is 100 Å². The van der Waals surface area contributed by atoms with Crippen LogP contribution in [0.15, 0.2) is 77.7 Å². The topological polar surface area (TPSA) is 98.7 Å². The zero-order chi connectivity index (χ0) is 34.9. The van der Waals surface area contributed by atoms with Crippen molar-refractivity contribution in [1.29, 1.82) is 0 Å². The minimum atomic E-state index is -4.50. The van der Waals surface area contributed by atoms with E-state index >= 15 is 0 Å². The van der Waals surface area contributed by atoms with Crippen LogP contribution in [0.1, 0.15) is 29.7 Å². The second-order valence-electron chi connectivity index (χ2n) is 11.9. The summed E-state index contributed by atoms with van der Waals surface area (Å²) in [6.07, 6.45) is -3.69. The van der Waals surface area contributed by atoms with E-state index in [-0.39, 0.29) is 23.8 Å². The first-order valence-corrected chi connectivity index (χ1v) is 17.5. The van der Waals surface area contributed by atoms with Gasteiger partial charge < -0.3 is 15.1 Å². The Morgan fingerprint density at radius 3 is 2.31 bits per heavy atom. The number of rotatable bonds is 8. The van der Waals surface area contributed by atoms with Crippen LogP contribution in [0, 0.1) is 12.7 Å². The number of anilines is 2. The van der Waals surface area contributed by atoms with E-state index in [9.17, 15) is 30.8 Å². The lowest BCUT2D eigenvalue weighted by Gasteiger charge is -2.36. The minimum absolute atomic E-state index is 0.000439. The molecule has 1 unspecified atom stereocenters. The number of halogens is 5. The van der Waals surface area contributed by atoms with E-state index in [2.05, 4.69) is 15.3 Å². The van der Waals surface area contributed by atoms with Gasteiger partial charge in [-0.25, -0.2) is 22.8 Å². The van der Waals surface area contributed by atoms with Gasteiger partial charge in [0.15, 0.2) is 0 Å². The Morgan fingerprint density at radius 1 is 0.939 bits per heavy atom. The molecule has 1 amide bonds. The number of aryl methyl sites for hydroxylation is 1. The van der Waals surface area contributed by atoms with Crippen LogP contribution in [0.25, 0.3) is 11.3 Å². The van der Waals surface area contributed by atoms with Crippen molar-refractivity contribution in [1.82, 2.24) is 19.6 Å². The van der Waals surface area contributed by atoms with Gasteiger partial charge in [0.1, 0.15) is 11.9 Å². The molecule has 2 aliphatic rings. The van der Waals surface area contributed by atoms with Gasteiger partial charge in [0, 0.05) is 43.3 Å². The Labute approximate surface area is 286 Å². The number of piperazine rings is 1. The Bertz CT molecular complexity index is 1950. The molecule has 9 nitrogen and oxygen atoms in total. The molecule has 0 aliphatic carbocycles. The Morgan fingerprint density at radius 2 is 1.63 bits per heavy atom. The van der Waals surface area contributed by atoms with Crippen molar-refractivity contribution >= 4 is 39.2 Å². The van der Waals surface area contributed by atoms with Crippen molar-refractivity contribution < 1.29 is 30.8 Å². The normalized spacial score (nSPS) is 17.4. The standard InChI is InChI=1S/C34H33ClF4N6O3S/c1-22-8-13-26(20-27(22)35)49(47,48)45-14-4-7-31(45)32(46)40-21-25-19-29(23-9-11-24(12-10-23)34(37,38)39)42-33(41-25)44-17-15-43(16-18-44)30-6-3-2-5-28(30)36/h2-3,5-6,8-13,19-20,31H,4,7,14-18,21H2,1H3,(H,40,46). The molecule has 0 saturated carbocycles. The summed E-state index contributed by atoms with van der Waals surface area (Å²) in [5.41, 5.74) is 1.55. The largest absolute Gasteiger partial charge is 0.416 e. The predicted molar refractivity (Wildman–Crippen MR) is 178 cm³/mol. The molecule has 1 aromatic heterocycles. The predicted octanol–water partition coefficient (Wildman–Crippen LogP) is 6.06. The summed E-state index contributed by atoms with van der Waals surface area (Å²) in [5.74, 6) is -0.531. The van der Waals surface area contributed by atoms with Gasteiger partial charge in [-0.05, 0) is 67.8 Å². The van der Waals surface area contributed by atoms with E-state index in [4.69, 9.17) is 11.6 Å². The molecule has 6 rings (SSSR count). The Hall–Kier alpha value is -4.27. The van der Waals surface area contributed by atoms with E-state index in [0.29, 0.717) is 72.6 Å². The second-order valence-corrected chi connectivity index (χ2v) is 14.2. The number of aromatic nitrogens is 2. The molecule has 1 N–H and O–H groups in total. The first-order valence-electron chi connectivity index (χ1n) is 15.7. The molecule has 258 valence electrons. The molecule has 1 atom stereocenters. The van der Waals surface area contributed by atoms with E-state index in [1.807, 2.05) is 9.80 Å². The number of sulfonamides is 1. The summed E-state index contributed by atoms with van der Waals surface area (Å²) in [4.78, 5) is 26.6. The van der Waals surface area contributed by atoms with Crippen LogP contribution in [0.2, 0.25) is 5.02 Å². The van der Waals surface area contributed by atoms with Gasteiger partial charge in [-0.15, -0.1) is 0 Å². The van der Waals surface area contributed by atoms with Gasteiger partial charge in [0.25, 0.3) is 0 Å². The third-order valence-electron chi connectivity index (χ3n) is 8.73. The molecule has 15 heteroatoms. The van der Waals surface area contributed by atoms with Crippen LogP contribution >= 0.6 is 11.6 Å². The summed E-state index contributed by atoms with van der Waals surface area (Å²) in [6, 6.07) is 16.2. The number of carbonyl (C=O) groups is 1. The van der Waals surface area contributed by atoms with E-state index in [0.717, 1.165) is 17.7 Å². The van der Waals surface area contributed by atoms with Gasteiger partial charge in [-0.1, -0.05) is 41.9 Å². The van der Waals surface area contributed by atoms with Crippen molar-refractivity contribution in [2.45, 2.75) is 43.4 Å². The zero-order valence-corrected chi connectivity index (χ0v) is 28.0. The Balaban J connectivity index is 1.23. The summed E-state index contributed by atoms with van der Waals surface area (Å²) in [6.45, 7) is 3.66. The smallest absolute Gasteiger partial charge is 0.366 e. The molecule has 49 heavy (non-hydrogen) atoms. The van der Waals surface area contributed by atoms with Crippen LogP contribution in [0.5, 0.6) is 0 Å². The molecule has 2 saturated heterocycles. The number of nitrogens with zero attached hydrogens (tertiary/aromatic N) is 5. The summed E-state index contributed by atoms with van der Waals surface area (Å²) in [5, 5.41) is 3.11. The molecule has 3 heterocycles. The Kier molecular flexibility index (Phi) is 9.83. The summed E-state index contributed by atoms with van der Waals surface area (Å²) < 4.78 is 82.4. The number of benzene rings is 3. The van der Waals surface area contributed by atoms with Crippen molar-refractivity contribution in [2.24, 2.45) is 0 Å². The minimum Gasteiger partial charge on any atom is -0.366 e. The summed E-state index contributed by atoms with van der Waals surface area (Å²) >= 11 is 6.19. The van der Waals surface area contributed by atoms with Crippen molar-refractivity contribution in [2.75, 3.05) is 42.5 Å². The molecule has 2 aliphatic heterocycles. The SMILES string of the molecule is Cc1ccc(S(=O)(=O)N2CCCC2C(=O)NCc2cc(-c3ccc(C(F)(F)F)cc3)nc(N3CCN(c4ccccc4F)CC3)n2)cc1Cl. The highest BCUT2D eigenvalue weighted by Crippen LogP contribution is 2.32. The molecular formula is C34H33ClF4N6O3S. The molecular weight excluding hydrogens is 684 g/mol.